The SMILES string of the molecule is CC(C)(C)c1ccc2c(c1)N(c1ccccc1)c1cc(C(C)(C)C)cc3c1B2c1cc2c4ccccc4n(-c4ccccc4)c2cc1N3c1ccc(-c2cccc3c2oc2ccccc23)cc1. The predicted octanol–water partition coefficient (Wildman–Crippen LogP) is 15.0. The highest BCUT2D eigenvalue weighted by atomic mass is 16.3. The molecular formula is C62H50BN3O. The summed E-state index contributed by atoms with van der Waals surface area (Å²) in [5.41, 5.74) is 21.1. The minimum atomic E-state index is -0.137. The number of hydrogen-bond acceptors (Lipinski definition) is 3. The fraction of sp³-hybridized carbons (Fsp3) is 0.129. The van der Waals surface area contributed by atoms with Gasteiger partial charge in [-0.15, -0.1) is 0 Å². The average molecular weight is 864 g/mol. The summed E-state index contributed by atoms with van der Waals surface area (Å²) in [6.07, 6.45) is 0. The Morgan fingerprint density at radius 2 is 0.985 bits per heavy atom. The number of para-hydroxylation sites is 5. The van der Waals surface area contributed by atoms with Gasteiger partial charge in [0.25, 0.3) is 6.71 Å². The van der Waals surface area contributed by atoms with E-state index in [0.717, 1.165) is 50.1 Å². The van der Waals surface area contributed by atoms with Gasteiger partial charge in [0.05, 0.1) is 11.0 Å². The molecule has 5 heteroatoms. The molecule has 4 heterocycles. The number of aromatic nitrogens is 1. The molecule has 2 aromatic heterocycles. The Bertz CT molecular complexity index is 3780. The van der Waals surface area contributed by atoms with E-state index >= 15 is 0 Å². The molecule has 322 valence electrons. The number of furan rings is 1. The van der Waals surface area contributed by atoms with Crippen LogP contribution in [-0.2, 0) is 10.8 Å². The molecule has 13 rings (SSSR count). The maximum absolute atomic E-state index is 6.56. The second kappa shape index (κ2) is 14.4. The number of benzene rings is 9. The second-order valence-corrected chi connectivity index (χ2v) is 20.6. The van der Waals surface area contributed by atoms with Crippen molar-refractivity contribution >= 4 is 101 Å². The fourth-order valence-electron chi connectivity index (χ4n) is 11.1. The van der Waals surface area contributed by atoms with Crippen LogP contribution >= 0.6 is 0 Å². The summed E-state index contributed by atoms with van der Waals surface area (Å²) in [4.78, 5) is 5.12. The molecule has 2 aliphatic rings. The van der Waals surface area contributed by atoms with E-state index in [0.29, 0.717) is 0 Å². The van der Waals surface area contributed by atoms with E-state index in [-0.39, 0.29) is 17.5 Å². The van der Waals surface area contributed by atoms with Crippen LogP contribution in [0.2, 0.25) is 0 Å². The Hall–Kier alpha value is -7.76. The van der Waals surface area contributed by atoms with Gasteiger partial charge in [0.2, 0.25) is 0 Å². The van der Waals surface area contributed by atoms with Gasteiger partial charge in [-0.05, 0) is 117 Å². The number of nitrogens with zero attached hydrogens (tertiary/aromatic N) is 3. The lowest BCUT2D eigenvalue weighted by atomic mass is 9.33. The molecule has 0 aliphatic carbocycles. The lowest BCUT2D eigenvalue weighted by Gasteiger charge is -2.45. The molecule has 0 spiro atoms. The Balaban J connectivity index is 1.13. The standard InChI is InChI=1S/C62H50BN3O/c1-61(2,3)40-30-33-50-54(34-40)65(43-20-11-8-12-21-43)56-35-41(62(4,5)6)36-57-59(56)63(50)51-37-49-46-22-13-15-26-52(46)64(42-18-9-7-10-19-42)53(49)38-55(51)66(57)44-31-28-39(29-32-44)45-24-17-25-48-47-23-14-16-27-58(47)67-60(45)48/h7-38H,1-6H3. The third-order valence-electron chi connectivity index (χ3n) is 14.5. The Kier molecular flexibility index (Phi) is 8.49. The minimum absolute atomic E-state index is 0.0255. The smallest absolute Gasteiger partial charge is 0.252 e. The summed E-state index contributed by atoms with van der Waals surface area (Å²) < 4.78 is 9.02. The topological polar surface area (TPSA) is 24.6 Å². The van der Waals surface area contributed by atoms with Gasteiger partial charge in [-0.1, -0.05) is 163 Å². The van der Waals surface area contributed by atoms with Crippen molar-refractivity contribution in [1.82, 2.24) is 4.57 Å². The molecule has 11 aromatic rings. The lowest BCUT2D eigenvalue weighted by molar-refractivity contribution is 0.590. The molecule has 0 fully saturated rings. The normalized spacial score (nSPS) is 13.4. The zero-order chi connectivity index (χ0) is 45.3. The summed E-state index contributed by atoms with van der Waals surface area (Å²) in [6.45, 7) is 14.0. The number of hydrogen-bond donors (Lipinski definition) is 0. The summed E-state index contributed by atoms with van der Waals surface area (Å²) in [7, 11) is 0. The molecule has 0 saturated carbocycles. The largest absolute Gasteiger partial charge is 0.455 e. The van der Waals surface area contributed by atoms with E-state index in [1.165, 1.54) is 72.1 Å². The van der Waals surface area contributed by atoms with Crippen molar-refractivity contribution in [3.05, 3.63) is 205 Å². The average Bonchev–Trinajstić information content (AvgIpc) is 3.88. The van der Waals surface area contributed by atoms with Crippen LogP contribution in [0, 0.1) is 0 Å². The van der Waals surface area contributed by atoms with Gasteiger partial charge < -0.3 is 18.8 Å². The van der Waals surface area contributed by atoms with Gasteiger partial charge in [-0.3, -0.25) is 0 Å². The van der Waals surface area contributed by atoms with Gasteiger partial charge in [-0.25, -0.2) is 0 Å². The minimum Gasteiger partial charge on any atom is -0.455 e. The molecule has 9 aromatic carbocycles. The first-order valence-electron chi connectivity index (χ1n) is 23.6. The molecule has 0 atom stereocenters. The highest BCUT2D eigenvalue weighted by Gasteiger charge is 2.45. The molecule has 0 bridgehead atoms. The Morgan fingerprint density at radius 3 is 1.69 bits per heavy atom. The van der Waals surface area contributed by atoms with Crippen molar-refractivity contribution < 1.29 is 4.42 Å². The first kappa shape index (κ1) is 39.6. The van der Waals surface area contributed by atoms with E-state index in [2.05, 4.69) is 244 Å². The summed E-state index contributed by atoms with van der Waals surface area (Å²) in [5, 5.41) is 4.77. The summed E-state index contributed by atoms with van der Waals surface area (Å²) in [6, 6.07) is 72.1. The van der Waals surface area contributed by atoms with Crippen LogP contribution in [-0.4, -0.2) is 11.3 Å². The van der Waals surface area contributed by atoms with Crippen LogP contribution in [0.15, 0.2) is 199 Å². The third-order valence-corrected chi connectivity index (χ3v) is 14.5. The van der Waals surface area contributed by atoms with Crippen molar-refractivity contribution in [2.24, 2.45) is 0 Å². The van der Waals surface area contributed by atoms with E-state index in [9.17, 15) is 0 Å². The second-order valence-electron chi connectivity index (χ2n) is 20.6. The van der Waals surface area contributed by atoms with Gasteiger partial charge in [0.15, 0.2) is 0 Å². The van der Waals surface area contributed by atoms with Gasteiger partial charge in [0.1, 0.15) is 11.2 Å². The zero-order valence-corrected chi connectivity index (χ0v) is 38.8. The zero-order valence-electron chi connectivity index (χ0n) is 38.8. The summed E-state index contributed by atoms with van der Waals surface area (Å²) >= 11 is 0. The quantitative estimate of drug-likeness (QED) is 0.165. The molecule has 2 aliphatic heterocycles. The highest BCUT2D eigenvalue weighted by Crippen LogP contribution is 2.48. The maximum atomic E-state index is 6.56. The molecule has 0 N–H and O–H groups in total. The van der Waals surface area contributed by atoms with Gasteiger partial charge in [-0.2, -0.15) is 0 Å². The molecule has 4 nitrogen and oxygen atoms in total. The lowest BCUT2D eigenvalue weighted by Crippen LogP contribution is -2.61. The van der Waals surface area contributed by atoms with Crippen LogP contribution in [0.3, 0.4) is 0 Å². The van der Waals surface area contributed by atoms with E-state index in [4.69, 9.17) is 4.42 Å². The molecule has 67 heavy (non-hydrogen) atoms. The van der Waals surface area contributed by atoms with E-state index in [1.54, 1.807) is 0 Å². The van der Waals surface area contributed by atoms with Crippen molar-refractivity contribution in [2.45, 2.75) is 52.4 Å². The Labute approximate surface area is 392 Å². The number of fused-ring (bicyclic) bond motifs is 10. The van der Waals surface area contributed by atoms with Crippen LogP contribution in [0.5, 0.6) is 0 Å². The monoisotopic (exact) mass is 863 g/mol. The maximum Gasteiger partial charge on any atom is 0.252 e. The molecule has 0 radical (unpaired) electrons. The third kappa shape index (κ3) is 6.00. The van der Waals surface area contributed by atoms with Crippen molar-refractivity contribution in [1.29, 1.82) is 0 Å². The van der Waals surface area contributed by atoms with Crippen LogP contribution in [0.1, 0.15) is 52.7 Å². The molecule has 0 amide bonds. The molecule has 0 unspecified atom stereocenters. The van der Waals surface area contributed by atoms with Crippen molar-refractivity contribution in [3.63, 3.8) is 0 Å². The van der Waals surface area contributed by atoms with Crippen molar-refractivity contribution in [3.8, 4) is 16.8 Å². The van der Waals surface area contributed by atoms with E-state index < -0.39 is 0 Å². The van der Waals surface area contributed by atoms with Crippen molar-refractivity contribution in [2.75, 3.05) is 9.80 Å². The Morgan fingerprint density at radius 1 is 0.403 bits per heavy atom. The van der Waals surface area contributed by atoms with Crippen LogP contribution in [0.25, 0.3) is 60.6 Å². The molecular weight excluding hydrogens is 814 g/mol. The van der Waals surface area contributed by atoms with E-state index in [1.807, 2.05) is 6.07 Å². The fourth-order valence-corrected chi connectivity index (χ4v) is 11.1. The predicted molar refractivity (Wildman–Crippen MR) is 285 cm³/mol. The van der Waals surface area contributed by atoms with Crippen LogP contribution < -0.4 is 26.2 Å². The van der Waals surface area contributed by atoms with Gasteiger partial charge in [0, 0.05) is 66.9 Å². The number of rotatable bonds is 4. The van der Waals surface area contributed by atoms with Crippen LogP contribution in [0.4, 0.5) is 34.1 Å². The first-order chi connectivity index (χ1) is 32.5. The summed E-state index contributed by atoms with van der Waals surface area (Å²) in [5.74, 6) is 0. The van der Waals surface area contributed by atoms with Gasteiger partial charge >= 0.3 is 0 Å². The number of anilines is 6. The highest BCUT2D eigenvalue weighted by molar-refractivity contribution is 7.00. The first-order valence-corrected chi connectivity index (χ1v) is 23.6. The molecule has 0 saturated heterocycles.